The molecule has 1 amide bonds. The van der Waals surface area contributed by atoms with E-state index in [9.17, 15) is 13.2 Å². The van der Waals surface area contributed by atoms with Crippen LogP contribution in [-0.4, -0.2) is 19.6 Å². The summed E-state index contributed by atoms with van der Waals surface area (Å²) in [5.41, 5.74) is 0. The fourth-order valence-corrected chi connectivity index (χ4v) is 4.57. The maximum Gasteiger partial charge on any atom is 0.241 e. The summed E-state index contributed by atoms with van der Waals surface area (Å²) in [6.07, 6.45) is 0.494. The van der Waals surface area contributed by atoms with E-state index in [0.717, 1.165) is 4.88 Å². The zero-order chi connectivity index (χ0) is 14.6. The monoisotopic (exact) mass is 303 g/mol. The smallest absolute Gasteiger partial charge is 0.241 e. The minimum Gasteiger partial charge on any atom is -0.273 e. The highest BCUT2D eigenvalue weighted by atomic mass is 32.2. The predicted octanol–water partition coefficient (Wildman–Crippen LogP) is 2.73. The highest BCUT2D eigenvalue weighted by Gasteiger charge is 2.30. The quantitative estimate of drug-likeness (QED) is 0.879. The van der Waals surface area contributed by atoms with Gasteiger partial charge >= 0.3 is 0 Å². The highest BCUT2D eigenvalue weighted by molar-refractivity contribution is 7.90. The molecule has 4 nitrogen and oxygen atoms in total. The molecule has 0 aliphatic rings. The first-order valence-electron chi connectivity index (χ1n) is 6.38. The van der Waals surface area contributed by atoms with Crippen molar-refractivity contribution in [2.45, 2.75) is 45.3 Å². The molecule has 0 aliphatic heterocycles. The van der Waals surface area contributed by atoms with Gasteiger partial charge in [-0.05, 0) is 30.7 Å². The van der Waals surface area contributed by atoms with Gasteiger partial charge in [-0.25, -0.2) is 8.42 Å². The molecule has 0 unspecified atom stereocenters. The van der Waals surface area contributed by atoms with Crippen molar-refractivity contribution in [2.24, 2.45) is 5.92 Å². The molecule has 108 valence electrons. The molecule has 1 N–H and O–H groups in total. The molecule has 1 rings (SSSR count). The summed E-state index contributed by atoms with van der Waals surface area (Å²) in [7, 11) is -3.60. The second-order valence-electron chi connectivity index (χ2n) is 4.94. The molecule has 0 aromatic carbocycles. The van der Waals surface area contributed by atoms with Crippen molar-refractivity contribution < 1.29 is 13.2 Å². The molecule has 19 heavy (non-hydrogen) atoms. The summed E-state index contributed by atoms with van der Waals surface area (Å²) in [5.74, 6) is -0.923. The summed E-state index contributed by atoms with van der Waals surface area (Å²) >= 11 is 1.45. The lowest BCUT2D eigenvalue weighted by molar-refractivity contribution is -0.120. The van der Waals surface area contributed by atoms with Gasteiger partial charge in [-0.15, -0.1) is 11.3 Å². The standard InChI is InChI=1S/C13H21NO3S2/c1-5-12(9(2)3)19(16,17)14-13(15)10(4)11-7-6-8-18-11/h6-10,12H,5H2,1-4H3,(H,14,15)/t10-,12+/m0/s1. The zero-order valence-electron chi connectivity index (χ0n) is 11.7. The van der Waals surface area contributed by atoms with E-state index in [1.165, 1.54) is 11.3 Å². The third-order valence-corrected chi connectivity index (χ3v) is 6.37. The van der Waals surface area contributed by atoms with Crippen molar-refractivity contribution in [3.8, 4) is 0 Å². The van der Waals surface area contributed by atoms with Crippen LogP contribution < -0.4 is 4.72 Å². The number of carbonyl (C=O) groups excluding carboxylic acids is 1. The molecular formula is C13H21NO3S2. The van der Waals surface area contributed by atoms with Crippen LogP contribution in [0.1, 0.15) is 44.9 Å². The third-order valence-electron chi connectivity index (χ3n) is 3.15. The molecular weight excluding hydrogens is 282 g/mol. The number of nitrogens with one attached hydrogen (secondary N) is 1. The van der Waals surface area contributed by atoms with Crippen molar-refractivity contribution in [2.75, 3.05) is 0 Å². The number of amides is 1. The topological polar surface area (TPSA) is 63.2 Å². The minimum atomic E-state index is -3.60. The first kappa shape index (κ1) is 16.2. The van der Waals surface area contributed by atoms with Gasteiger partial charge in [0.25, 0.3) is 0 Å². The van der Waals surface area contributed by atoms with Crippen LogP contribution >= 0.6 is 11.3 Å². The number of hydrogen-bond acceptors (Lipinski definition) is 4. The van der Waals surface area contributed by atoms with E-state index in [0.29, 0.717) is 6.42 Å². The zero-order valence-corrected chi connectivity index (χ0v) is 13.3. The van der Waals surface area contributed by atoms with Gasteiger partial charge in [0.15, 0.2) is 0 Å². The second-order valence-corrected chi connectivity index (χ2v) is 7.82. The summed E-state index contributed by atoms with van der Waals surface area (Å²) < 4.78 is 26.5. The number of hydrogen-bond donors (Lipinski definition) is 1. The van der Waals surface area contributed by atoms with E-state index in [1.54, 1.807) is 6.92 Å². The van der Waals surface area contributed by atoms with Crippen LogP contribution in [0, 0.1) is 5.92 Å². The van der Waals surface area contributed by atoms with Crippen LogP contribution in [-0.2, 0) is 14.8 Å². The van der Waals surface area contributed by atoms with E-state index < -0.39 is 27.1 Å². The van der Waals surface area contributed by atoms with Crippen LogP contribution in [0.2, 0.25) is 0 Å². The Morgan fingerprint density at radius 2 is 2.00 bits per heavy atom. The Bertz CT molecular complexity index is 506. The molecule has 0 spiro atoms. The highest BCUT2D eigenvalue weighted by Crippen LogP contribution is 2.22. The maximum atomic E-state index is 12.2. The third kappa shape index (κ3) is 4.04. The number of thiophene rings is 1. The molecule has 1 aromatic rings. The first-order valence-corrected chi connectivity index (χ1v) is 8.81. The van der Waals surface area contributed by atoms with E-state index >= 15 is 0 Å². The number of sulfonamides is 1. The normalized spacial score (nSPS) is 15.2. The van der Waals surface area contributed by atoms with Gasteiger partial charge < -0.3 is 0 Å². The lowest BCUT2D eigenvalue weighted by Gasteiger charge is -2.21. The second kappa shape index (κ2) is 6.52. The molecule has 1 aromatic heterocycles. The Labute approximate surface area is 119 Å². The van der Waals surface area contributed by atoms with Crippen molar-refractivity contribution >= 4 is 27.3 Å². The van der Waals surface area contributed by atoms with Crippen LogP contribution in [0.5, 0.6) is 0 Å². The number of rotatable bonds is 6. The lowest BCUT2D eigenvalue weighted by Crippen LogP contribution is -2.42. The Balaban J connectivity index is 2.81. The Kier molecular flexibility index (Phi) is 5.55. The van der Waals surface area contributed by atoms with Crippen LogP contribution in [0.3, 0.4) is 0 Å². The van der Waals surface area contributed by atoms with Crippen molar-refractivity contribution in [3.05, 3.63) is 22.4 Å². The van der Waals surface area contributed by atoms with Crippen LogP contribution in [0.4, 0.5) is 0 Å². The average Bonchev–Trinajstić information content (AvgIpc) is 2.80. The van der Waals surface area contributed by atoms with Crippen LogP contribution in [0.15, 0.2) is 17.5 Å². The molecule has 6 heteroatoms. The van der Waals surface area contributed by atoms with E-state index in [2.05, 4.69) is 4.72 Å². The predicted molar refractivity (Wildman–Crippen MR) is 78.7 cm³/mol. The van der Waals surface area contributed by atoms with Gasteiger partial charge in [0, 0.05) is 4.88 Å². The van der Waals surface area contributed by atoms with E-state index in [1.807, 2.05) is 38.3 Å². The maximum absolute atomic E-state index is 12.2. The summed E-state index contributed by atoms with van der Waals surface area (Å²) in [5, 5.41) is 1.34. The first-order chi connectivity index (χ1) is 8.79. The molecule has 1 heterocycles. The Hall–Kier alpha value is -0.880. The largest absolute Gasteiger partial charge is 0.273 e. The molecule has 0 aliphatic carbocycles. The lowest BCUT2D eigenvalue weighted by atomic mass is 10.1. The molecule has 0 bridgehead atoms. The van der Waals surface area contributed by atoms with E-state index in [4.69, 9.17) is 0 Å². The van der Waals surface area contributed by atoms with E-state index in [-0.39, 0.29) is 5.92 Å². The molecule has 2 atom stereocenters. The van der Waals surface area contributed by atoms with Gasteiger partial charge in [0.05, 0.1) is 11.2 Å². The van der Waals surface area contributed by atoms with Crippen molar-refractivity contribution in [1.82, 2.24) is 4.72 Å². The summed E-state index contributed by atoms with van der Waals surface area (Å²) in [4.78, 5) is 12.9. The van der Waals surface area contributed by atoms with Gasteiger partial charge in [-0.1, -0.05) is 26.8 Å². The number of carbonyl (C=O) groups is 1. The molecule has 0 saturated heterocycles. The van der Waals surface area contributed by atoms with Crippen LogP contribution in [0.25, 0.3) is 0 Å². The van der Waals surface area contributed by atoms with Crippen molar-refractivity contribution in [1.29, 1.82) is 0 Å². The summed E-state index contributed by atoms with van der Waals surface area (Å²) in [6, 6.07) is 3.68. The Morgan fingerprint density at radius 3 is 2.42 bits per heavy atom. The van der Waals surface area contributed by atoms with Gasteiger partial charge in [-0.3, -0.25) is 9.52 Å². The van der Waals surface area contributed by atoms with Gasteiger partial charge in [-0.2, -0.15) is 0 Å². The average molecular weight is 303 g/mol. The fourth-order valence-electron chi connectivity index (χ4n) is 2.02. The fraction of sp³-hybridized carbons (Fsp3) is 0.615. The molecule has 0 fully saturated rings. The van der Waals surface area contributed by atoms with Crippen molar-refractivity contribution in [3.63, 3.8) is 0 Å². The molecule has 0 radical (unpaired) electrons. The Morgan fingerprint density at radius 1 is 1.37 bits per heavy atom. The summed E-state index contributed by atoms with van der Waals surface area (Å²) in [6.45, 7) is 7.23. The minimum absolute atomic E-state index is 0.0210. The van der Waals surface area contributed by atoms with Gasteiger partial charge in [0.1, 0.15) is 0 Å². The van der Waals surface area contributed by atoms with Gasteiger partial charge in [0.2, 0.25) is 15.9 Å². The molecule has 0 saturated carbocycles. The SMILES string of the molecule is CC[C@H](C(C)C)S(=O)(=O)NC(=O)[C@@H](C)c1cccs1.